The lowest BCUT2D eigenvalue weighted by Crippen LogP contribution is -2.44. The maximum Gasteiger partial charge on any atom is 0.00697 e. The van der Waals surface area contributed by atoms with Crippen molar-refractivity contribution in [3.8, 4) is 0 Å². The van der Waals surface area contributed by atoms with E-state index in [4.69, 9.17) is 0 Å². The molecule has 1 aliphatic heterocycles. The van der Waals surface area contributed by atoms with Crippen LogP contribution in [-0.4, -0.2) is 37.1 Å². The molecule has 1 aliphatic rings. The standard InChI is InChI=1S/C11H24N2/c1-10-6-4-7-11(2)13(10)9-5-8-12-3/h10-12H,4-9H2,1-3H3/t10-,11+. The Bertz CT molecular complexity index is 126. The van der Waals surface area contributed by atoms with Gasteiger partial charge in [0.15, 0.2) is 0 Å². The molecule has 0 bridgehead atoms. The number of nitrogens with one attached hydrogen (secondary N) is 1. The zero-order chi connectivity index (χ0) is 9.68. The predicted octanol–water partition coefficient (Wildman–Crippen LogP) is 1.86. The first-order chi connectivity index (χ1) is 6.25. The molecule has 13 heavy (non-hydrogen) atoms. The highest BCUT2D eigenvalue weighted by atomic mass is 15.2. The number of likely N-dealkylation sites (tertiary alicyclic amines) is 1. The summed E-state index contributed by atoms with van der Waals surface area (Å²) in [5, 5.41) is 3.21. The predicted molar refractivity (Wildman–Crippen MR) is 58.0 cm³/mol. The fraction of sp³-hybridized carbons (Fsp3) is 1.00. The van der Waals surface area contributed by atoms with Gasteiger partial charge in [0, 0.05) is 12.1 Å². The first-order valence-electron chi connectivity index (χ1n) is 5.66. The zero-order valence-electron chi connectivity index (χ0n) is 9.34. The van der Waals surface area contributed by atoms with Gasteiger partial charge in [-0.25, -0.2) is 0 Å². The normalized spacial score (nSPS) is 30.7. The van der Waals surface area contributed by atoms with Crippen molar-refractivity contribution in [1.29, 1.82) is 0 Å². The molecule has 78 valence electrons. The highest BCUT2D eigenvalue weighted by Gasteiger charge is 2.23. The summed E-state index contributed by atoms with van der Waals surface area (Å²) in [6.45, 7) is 7.16. The zero-order valence-corrected chi connectivity index (χ0v) is 9.34. The number of hydrogen-bond donors (Lipinski definition) is 1. The van der Waals surface area contributed by atoms with Crippen LogP contribution in [0.2, 0.25) is 0 Å². The summed E-state index contributed by atoms with van der Waals surface area (Å²) in [6.07, 6.45) is 5.49. The molecule has 1 fully saturated rings. The summed E-state index contributed by atoms with van der Waals surface area (Å²) < 4.78 is 0. The summed E-state index contributed by atoms with van der Waals surface area (Å²) in [4.78, 5) is 2.67. The molecule has 1 N–H and O–H groups in total. The van der Waals surface area contributed by atoms with Crippen LogP contribution in [0.4, 0.5) is 0 Å². The molecule has 0 aromatic carbocycles. The Morgan fingerprint density at radius 3 is 2.38 bits per heavy atom. The van der Waals surface area contributed by atoms with Crippen molar-refractivity contribution in [1.82, 2.24) is 10.2 Å². The van der Waals surface area contributed by atoms with Gasteiger partial charge in [0.2, 0.25) is 0 Å². The van der Waals surface area contributed by atoms with E-state index in [1.807, 2.05) is 7.05 Å². The van der Waals surface area contributed by atoms with E-state index >= 15 is 0 Å². The maximum absolute atomic E-state index is 3.21. The molecule has 0 spiro atoms. The average molecular weight is 184 g/mol. The first-order valence-corrected chi connectivity index (χ1v) is 5.66. The summed E-state index contributed by atoms with van der Waals surface area (Å²) in [5.41, 5.74) is 0. The third-order valence-corrected chi connectivity index (χ3v) is 3.22. The summed E-state index contributed by atoms with van der Waals surface area (Å²) in [6, 6.07) is 1.61. The van der Waals surface area contributed by atoms with Gasteiger partial charge in [-0.05, 0) is 53.2 Å². The van der Waals surface area contributed by atoms with Gasteiger partial charge in [0.25, 0.3) is 0 Å². The Balaban J connectivity index is 2.26. The Morgan fingerprint density at radius 1 is 1.23 bits per heavy atom. The van der Waals surface area contributed by atoms with E-state index in [1.54, 1.807) is 0 Å². The van der Waals surface area contributed by atoms with Crippen molar-refractivity contribution in [2.24, 2.45) is 0 Å². The van der Waals surface area contributed by atoms with Crippen LogP contribution in [0.1, 0.15) is 39.5 Å². The van der Waals surface area contributed by atoms with Crippen molar-refractivity contribution in [3.05, 3.63) is 0 Å². The lowest BCUT2D eigenvalue weighted by Gasteiger charge is -2.39. The Hall–Kier alpha value is -0.0800. The molecule has 2 nitrogen and oxygen atoms in total. The van der Waals surface area contributed by atoms with Crippen LogP contribution >= 0.6 is 0 Å². The van der Waals surface area contributed by atoms with E-state index < -0.39 is 0 Å². The minimum atomic E-state index is 0.806. The minimum Gasteiger partial charge on any atom is -0.320 e. The second kappa shape index (κ2) is 5.61. The molecule has 1 heterocycles. The van der Waals surface area contributed by atoms with Gasteiger partial charge < -0.3 is 5.32 Å². The molecule has 2 atom stereocenters. The van der Waals surface area contributed by atoms with E-state index in [9.17, 15) is 0 Å². The molecular weight excluding hydrogens is 160 g/mol. The smallest absolute Gasteiger partial charge is 0.00697 e. The third-order valence-electron chi connectivity index (χ3n) is 3.22. The Kier molecular flexibility index (Phi) is 4.74. The van der Waals surface area contributed by atoms with E-state index in [0.717, 1.165) is 18.6 Å². The molecule has 1 saturated heterocycles. The molecule has 0 saturated carbocycles. The van der Waals surface area contributed by atoms with Crippen LogP contribution < -0.4 is 5.32 Å². The highest BCUT2D eigenvalue weighted by molar-refractivity contribution is 4.79. The second-order valence-electron chi connectivity index (χ2n) is 4.32. The fourth-order valence-electron chi connectivity index (χ4n) is 2.35. The Labute approximate surface area is 82.7 Å². The van der Waals surface area contributed by atoms with Gasteiger partial charge in [-0.2, -0.15) is 0 Å². The van der Waals surface area contributed by atoms with Gasteiger partial charge in [-0.3, -0.25) is 4.90 Å². The van der Waals surface area contributed by atoms with E-state index in [0.29, 0.717) is 0 Å². The number of nitrogens with zero attached hydrogens (tertiary/aromatic N) is 1. The van der Waals surface area contributed by atoms with Crippen molar-refractivity contribution >= 4 is 0 Å². The van der Waals surface area contributed by atoms with Crippen molar-refractivity contribution in [2.45, 2.75) is 51.6 Å². The molecule has 0 unspecified atom stereocenters. The minimum absolute atomic E-state index is 0.806. The molecule has 0 radical (unpaired) electrons. The largest absolute Gasteiger partial charge is 0.320 e. The van der Waals surface area contributed by atoms with E-state index in [-0.39, 0.29) is 0 Å². The first kappa shape index (κ1) is 11.0. The van der Waals surface area contributed by atoms with E-state index in [1.165, 1.54) is 32.2 Å². The summed E-state index contributed by atoms with van der Waals surface area (Å²) in [7, 11) is 2.03. The van der Waals surface area contributed by atoms with Gasteiger partial charge in [0.05, 0.1) is 0 Å². The highest BCUT2D eigenvalue weighted by Crippen LogP contribution is 2.22. The summed E-state index contributed by atoms with van der Waals surface area (Å²) >= 11 is 0. The number of hydrogen-bond acceptors (Lipinski definition) is 2. The van der Waals surface area contributed by atoms with Crippen LogP contribution in [0, 0.1) is 0 Å². The topological polar surface area (TPSA) is 15.3 Å². The molecular formula is C11H24N2. The van der Waals surface area contributed by atoms with Crippen LogP contribution in [0.3, 0.4) is 0 Å². The molecule has 0 aromatic rings. The average Bonchev–Trinajstić information content (AvgIpc) is 2.10. The van der Waals surface area contributed by atoms with Gasteiger partial charge in [-0.15, -0.1) is 0 Å². The maximum atomic E-state index is 3.21. The molecule has 0 aromatic heterocycles. The quantitative estimate of drug-likeness (QED) is 0.671. The van der Waals surface area contributed by atoms with Gasteiger partial charge in [-0.1, -0.05) is 6.42 Å². The van der Waals surface area contributed by atoms with E-state index in [2.05, 4.69) is 24.1 Å². The monoisotopic (exact) mass is 184 g/mol. The van der Waals surface area contributed by atoms with Gasteiger partial charge in [0.1, 0.15) is 0 Å². The van der Waals surface area contributed by atoms with Crippen molar-refractivity contribution < 1.29 is 0 Å². The van der Waals surface area contributed by atoms with Crippen LogP contribution in [0.15, 0.2) is 0 Å². The molecule has 1 rings (SSSR count). The van der Waals surface area contributed by atoms with Gasteiger partial charge >= 0.3 is 0 Å². The van der Waals surface area contributed by atoms with Crippen molar-refractivity contribution in [2.75, 3.05) is 20.1 Å². The molecule has 0 amide bonds. The SMILES string of the molecule is CNCCCN1[C@H](C)CCC[C@@H]1C. The lowest BCUT2D eigenvalue weighted by molar-refractivity contribution is 0.102. The number of piperidine rings is 1. The lowest BCUT2D eigenvalue weighted by atomic mass is 9.97. The van der Waals surface area contributed by atoms with Crippen LogP contribution in [-0.2, 0) is 0 Å². The third kappa shape index (κ3) is 3.28. The van der Waals surface area contributed by atoms with Crippen LogP contribution in [0.5, 0.6) is 0 Å². The molecule has 0 aliphatic carbocycles. The second-order valence-corrected chi connectivity index (χ2v) is 4.32. The fourth-order valence-corrected chi connectivity index (χ4v) is 2.35. The number of rotatable bonds is 4. The van der Waals surface area contributed by atoms with Crippen LogP contribution in [0.25, 0.3) is 0 Å². The molecule has 2 heteroatoms. The summed E-state index contributed by atoms with van der Waals surface area (Å²) in [5.74, 6) is 0. The van der Waals surface area contributed by atoms with Crippen molar-refractivity contribution in [3.63, 3.8) is 0 Å². The Morgan fingerprint density at radius 2 is 1.85 bits per heavy atom.